The number of nitrogens with zero attached hydrogens (tertiary/aromatic N) is 4. The van der Waals surface area contributed by atoms with Gasteiger partial charge in [-0.3, -0.25) is 4.90 Å². The normalized spacial score (nSPS) is 26.2. The number of hydrogen-bond acceptors (Lipinski definition) is 5. The Balaban J connectivity index is 1.58. The summed E-state index contributed by atoms with van der Waals surface area (Å²) in [6, 6.07) is 7.58. The van der Waals surface area contributed by atoms with Crippen molar-refractivity contribution in [3.63, 3.8) is 0 Å². The summed E-state index contributed by atoms with van der Waals surface area (Å²) in [5.41, 5.74) is 10.3. The molecule has 0 bridgehead atoms. The molecule has 0 radical (unpaired) electrons. The van der Waals surface area contributed by atoms with Gasteiger partial charge in [-0.25, -0.2) is 4.79 Å². The first-order valence-electron chi connectivity index (χ1n) is 8.45. The van der Waals surface area contributed by atoms with E-state index < -0.39 is 11.9 Å². The molecule has 0 spiro atoms. The number of hydrogen-bond donors (Lipinski definition) is 0. The largest absolute Gasteiger partial charge is 0.447 e. The van der Waals surface area contributed by atoms with Gasteiger partial charge in [0.2, 0.25) is 0 Å². The molecule has 1 saturated carbocycles. The molecule has 0 N–H and O–H groups in total. The van der Waals surface area contributed by atoms with Crippen LogP contribution in [0.15, 0.2) is 29.4 Å². The fourth-order valence-corrected chi connectivity index (χ4v) is 3.90. The van der Waals surface area contributed by atoms with Gasteiger partial charge in [-0.05, 0) is 43.0 Å². The molecule has 25 heavy (non-hydrogen) atoms. The molecule has 0 aromatic heterocycles. The van der Waals surface area contributed by atoms with Gasteiger partial charge in [0.25, 0.3) is 0 Å². The Kier molecular flexibility index (Phi) is 3.83. The van der Waals surface area contributed by atoms with E-state index in [0.717, 1.165) is 24.1 Å². The quantitative estimate of drug-likeness (QED) is 0.465. The lowest BCUT2D eigenvalue weighted by Gasteiger charge is -2.33. The zero-order chi connectivity index (χ0) is 17.5. The summed E-state index contributed by atoms with van der Waals surface area (Å²) in [5.74, 6) is -0.578. The average Bonchev–Trinajstić information content (AvgIpc) is 3.21. The summed E-state index contributed by atoms with van der Waals surface area (Å²) in [4.78, 5) is 16.3. The van der Waals surface area contributed by atoms with Crippen LogP contribution in [-0.2, 0) is 19.6 Å². The first kappa shape index (κ1) is 16.2. The summed E-state index contributed by atoms with van der Waals surface area (Å²) in [6.45, 7) is 3.67. The summed E-state index contributed by atoms with van der Waals surface area (Å²) < 4.78 is 16.9. The summed E-state index contributed by atoms with van der Waals surface area (Å²) in [7, 11) is 0. The number of azide groups is 1. The van der Waals surface area contributed by atoms with Crippen molar-refractivity contribution in [2.24, 2.45) is 5.11 Å². The van der Waals surface area contributed by atoms with Crippen LogP contribution in [0.2, 0.25) is 0 Å². The van der Waals surface area contributed by atoms with Gasteiger partial charge in [0.05, 0.1) is 25.8 Å². The van der Waals surface area contributed by atoms with E-state index in [0.29, 0.717) is 13.2 Å². The number of amides is 1. The van der Waals surface area contributed by atoms with Gasteiger partial charge in [-0.2, -0.15) is 0 Å². The second-order valence-corrected chi connectivity index (χ2v) is 6.79. The molecule has 0 unspecified atom stereocenters. The van der Waals surface area contributed by atoms with E-state index in [1.807, 2.05) is 31.2 Å². The average molecular weight is 344 g/mol. The first-order chi connectivity index (χ1) is 12.1. The third-order valence-electron chi connectivity index (χ3n) is 5.47. The van der Waals surface area contributed by atoms with Crippen molar-refractivity contribution >= 4 is 11.8 Å². The van der Waals surface area contributed by atoms with Crippen molar-refractivity contribution in [2.75, 3.05) is 31.3 Å². The molecule has 1 aromatic rings. The molecule has 2 aliphatic heterocycles. The van der Waals surface area contributed by atoms with Gasteiger partial charge in [0.15, 0.2) is 5.79 Å². The summed E-state index contributed by atoms with van der Waals surface area (Å²) in [6.07, 6.45) is 1.63. The number of benzene rings is 1. The zero-order valence-corrected chi connectivity index (χ0v) is 14.1. The number of cyclic esters (lactones) is 1. The van der Waals surface area contributed by atoms with E-state index in [1.165, 1.54) is 0 Å². The lowest BCUT2D eigenvalue weighted by atomic mass is 9.87. The highest BCUT2D eigenvalue weighted by atomic mass is 16.7. The minimum atomic E-state index is -0.578. The summed E-state index contributed by atoms with van der Waals surface area (Å²) >= 11 is 0. The Bertz CT molecular complexity index is 719. The zero-order valence-electron chi connectivity index (χ0n) is 14.1. The monoisotopic (exact) mass is 344 g/mol. The molecule has 1 amide bonds. The maximum Gasteiger partial charge on any atom is 0.414 e. The van der Waals surface area contributed by atoms with E-state index in [2.05, 4.69) is 10.0 Å². The van der Waals surface area contributed by atoms with Crippen molar-refractivity contribution in [2.45, 2.75) is 37.0 Å². The Morgan fingerprint density at radius 1 is 1.28 bits per heavy atom. The molecule has 1 aromatic carbocycles. The Labute approximate surface area is 145 Å². The Hall–Kier alpha value is -2.28. The fourth-order valence-electron chi connectivity index (χ4n) is 3.90. The smallest absolute Gasteiger partial charge is 0.414 e. The molecule has 2 heterocycles. The van der Waals surface area contributed by atoms with Gasteiger partial charge < -0.3 is 14.2 Å². The predicted octanol–water partition coefficient (Wildman–Crippen LogP) is 3.12. The number of ether oxygens (including phenoxy) is 3. The van der Waals surface area contributed by atoms with Crippen LogP contribution < -0.4 is 4.90 Å². The van der Waals surface area contributed by atoms with Crippen LogP contribution in [0.3, 0.4) is 0 Å². The molecule has 1 atom stereocenters. The van der Waals surface area contributed by atoms with Crippen LogP contribution >= 0.6 is 0 Å². The van der Waals surface area contributed by atoms with Gasteiger partial charge in [0, 0.05) is 16.0 Å². The molecule has 4 rings (SSSR count). The molecule has 1 aliphatic carbocycles. The minimum absolute atomic E-state index is 0.113. The molecular formula is C17H20N4O4. The van der Waals surface area contributed by atoms with E-state index in [9.17, 15) is 4.79 Å². The number of anilines is 1. The maximum atomic E-state index is 12.0. The highest BCUT2D eigenvalue weighted by molar-refractivity contribution is 5.90. The van der Waals surface area contributed by atoms with Gasteiger partial charge in [-0.1, -0.05) is 17.2 Å². The molecule has 2 saturated heterocycles. The first-order valence-corrected chi connectivity index (χ1v) is 8.45. The van der Waals surface area contributed by atoms with Crippen molar-refractivity contribution < 1.29 is 19.0 Å². The molecule has 3 aliphatic rings. The van der Waals surface area contributed by atoms with Crippen LogP contribution in [0.5, 0.6) is 0 Å². The highest BCUT2D eigenvalue weighted by Crippen LogP contribution is 2.58. The van der Waals surface area contributed by atoms with Crippen LogP contribution in [0.4, 0.5) is 10.5 Å². The Morgan fingerprint density at radius 3 is 2.56 bits per heavy atom. The van der Waals surface area contributed by atoms with Crippen LogP contribution in [0.1, 0.15) is 25.3 Å². The fraction of sp³-hybridized carbons (Fsp3) is 0.588. The predicted molar refractivity (Wildman–Crippen MR) is 89.3 cm³/mol. The number of carbonyl (C=O) groups excluding carboxylic acids is 1. The molecule has 3 fully saturated rings. The molecule has 8 nitrogen and oxygen atoms in total. The van der Waals surface area contributed by atoms with E-state index >= 15 is 0 Å². The van der Waals surface area contributed by atoms with Gasteiger partial charge in [-0.15, -0.1) is 0 Å². The van der Waals surface area contributed by atoms with Crippen molar-refractivity contribution in [1.82, 2.24) is 0 Å². The molecule has 132 valence electrons. The molecule has 8 heteroatoms. The van der Waals surface area contributed by atoms with Crippen molar-refractivity contribution in [3.8, 4) is 0 Å². The van der Waals surface area contributed by atoms with E-state index in [1.54, 1.807) is 4.90 Å². The second kappa shape index (κ2) is 5.91. The summed E-state index contributed by atoms with van der Waals surface area (Å²) in [5, 5.41) is 3.57. The second-order valence-electron chi connectivity index (χ2n) is 6.79. The van der Waals surface area contributed by atoms with E-state index in [4.69, 9.17) is 19.7 Å². The van der Waals surface area contributed by atoms with Crippen LogP contribution in [0.25, 0.3) is 10.4 Å². The maximum absolute atomic E-state index is 12.0. The van der Waals surface area contributed by atoms with Crippen molar-refractivity contribution in [1.29, 1.82) is 0 Å². The van der Waals surface area contributed by atoms with Gasteiger partial charge in [0.1, 0.15) is 6.61 Å². The van der Waals surface area contributed by atoms with Crippen LogP contribution in [0, 0.1) is 0 Å². The van der Waals surface area contributed by atoms with Crippen LogP contribution in [-0.4, -0.2) is 44.3 Å². The third kappa shape index (κ3) is 2.54. The van der Waals surface area contributed by atoms with Gasteiger partial charge >= 0.3 is 6.09 Å². The number of rotatable bonds is 5. The minimum Gasteiger partial charge on any atom is -0.447 e. The Morgan fingerprint density at radius 2 is 1.96 bits per heavy atom. The lowest BCUT2D eigenvalue weighted by Crippen LogP contribution is -2.40. The van der Waals surface area contributed by atoms with Crippen molar-refractivity contribution in [3.05, 3.63) is 40.3 Å². The topological polar surface area (TPSA) is 96.8 Å². The third-order valence-corrected chi connectivity index (χ3v) is 5.47. The van der Waals surface area contributed by atoms with E-state index in [-0.39, 0.29) is 24.6 Å². The highest BCUT2D eigenvalue weighted by Gasteiger charge is 2.61. The SMILES string of the molecule is CC1(C2(c3ccc(N4C(=O)OC[C@H]4CN=[N+]=[N-])cc3)CC2)OCCO1. The standard InChI is InChI=1S/C17H20N4O4/c1-16(24-8-9-25-16)17(6-7-17)12-2-4-13(5-3-12)21-14(10-19-20-18)11-23-15(21)22/h2-5,14H,6-11H2,1H3/t14-/m1/s1. The lowest BCUT2D eigenvalue weighted by molar-refractivity contribution is -0.169. The number of carbonyl (C=O) groups is 1. The molecular weight excluding hydrogens is 324 g/mol.